The van der Waals surface area contributed by atoms with Gasteiger partial charge in [0.15, 0.2) is 11.4 Å². The molecule has 18 nitrogen and oxygen atoms in total. The molecule has 4 aliphatic rings. The molecule has 18 heteroatoms. The SMILES string of the molecule is CCCN(CCC)[C@@H](CCC(C)=O)C(=O)O[C@@H](C(=O)O[C@H]1C[C@@]2(O)[C@@H](OC(=O)c3ccccc3)[C@@H]3[C@]4(OC(C)=O)CO[C@@H]4C[C@H](O)[C@@]3(C)C(=O)[C@H](O)C(=C1C)C2(C)C)[C@@H](NC(=O)OC(C)(C)C)c1ccccc1. The number of amides is 1. The molecule has 0 aromatic heterocycles. The van der Waals surface area contributed by atoms with Crippen molar-refractivity contribution in [2.75, 3.05) is 19.7 Å². The second kappa shape index (κ2) is 22.1. The predicted octanol–water partition coefficient (Wildman–Crippen LogP) is 5.67. The first-order valence-corrected chi connectivity index (χ1v) is 25.3. The molecule has 1 aliphatic heterocycles. The van der Waals surface area contributed by atoms with E-state index in [9.17, 15) is 39.3 Å². The van der Waals surface area contributed by atoms with E-state index in [2.05, 4.69) is 5.32 Å². The number of Topliss-reactive ketones (excluding diaryl/α,β-unsaturated/α-hetero) is 2. The van der Waals surface area contributed by atoms with Crippen molar-refractivity contribution in [3.05, 3.63) is 82.9 Å². The van der Waals surface area contributed by atoms with Crippen LogP contribution in [-0.4, -0.2) is 141 Å². The number of ketones is 2. The highest BCUT2D eigenvalue weighted by atomic mass is 16.6. The number of carbonyl (C=O) groups excluding carboxylic acids is 7. The molecule has 1 heterocycles. The van der Waals surface area contributed by atoms with Crippen LogP contribution in [0.1, 0.15) is 137 Å². The minimum atomic E-state index is -2.45. The van der Waals surface area contributed by atoms with Gasteiger partial charge in [0.1, 0.15) is 53.5 Å². The number of nitrogens with one attached hydrogen (secondary N) is 1. The van der Waals surface area contributed by atoms with Crippen LogP contribution in [0, 0.1) is 16.7 Å². The van der Waals surface area contributed by atoms with E-state index >= 15 is 9.59 Å². The van der Waals surface area contributed by atoms with Gasteiger partial charge in [0, 0.05) is 31.6 Å². The summed E-state index contributed by atoms with van der Waals surface area (Å²) in [5.74, 6) is -6.58. The van der Waals surface area contributed by atoms with Crippen LogP contribution >= 0.6 is 0 Å². The lowest BCUT2D eigenvalue weighted by Crippen LogP contribution is -2.81. The minimum Gasteiger partial charge on any atom is -0.455 e. The zero-order valence-electron chi connectivity index (χ0n) is 43.9. The van der Waals surface area contributed by atoms with E-state index in [0.29, 0.717) is 31.5 Å². The van der Waals surface area contributed by atoms with Crippen molar-refractivity contribution >= 4 is 41.5 Å². The monoisotopic (exact) mass is 1020 g/mol. The predicted molar refractivity (Wildman–Crippen MR) is 263 cm³/mol. The Bertz CT molecular complexity index is 2410. The number of carbonyl (C=O) groups is 7. The van der Waals surface area contributed by atoms with Gasteiger partial charge in [-0.05, 0) is 103 Å². The second-order valence-electron chi connectivity index (χ2n) is 21.8. The summed E-state index contributed by atoms with van der Waals surface area (Å²) in [6.45, 7) is 17.9. The average molecular weight is 1020 g/mol. The third kappa shape index (κ3) is 11.1. The molecule has 6 rings (SSSR count). The van der Waals surface area contributed by atoms with Crippen molar-refractivity contribution < 1.29 is 77.3 Å². The number of nitrogens with zero attached hydrogens (tertiary/aromatic N) is 1. The van der Waals surface area contributed by atoms with Gasteiger partial charge in [-0.2, -0.15) is 0 Å². The van der Waals surface area contributed by atoms with Crippen LogP contribution in [0.15, 0.2) is 71.8 Å². The molecule has 1 saturated heterocycles. The van der Waals surface area contributed by atoms with E-state index in [0.717, 1.165) is 6.92 Å². The van der Waals surface area contributed by atoms with Crippen molar-refractivity contribution in [1.82, 2.24) is 10.2 Å². The Hall–Kier alpha value is -5.53. The van der Waals surface area contributed by atoms with Gasteiger partial charge in [-0.15, -0.1) is 0 Å². The summed E-state index contributed by atoms with van der Waals surface area (Å²) in [7, 11) is 0. The lowest BCUT2D eigenvalue weighted by atomic mass is 9.44. The first-order valence-electron chi connectivity index (χ1n) is 25.3. The maximum Gasteiger partial charge on any atom is 0.408 e. The fourth-order valence-electron chi connectivity index (χ4n) is 11.7. The van der Waals surface area contributed by atoms with E-state index in [-0.39, 0.29) is 48.4 Å². The number of hydrogen-bond acceptors (Lipinski definition) is 17. The molecule has 4 N–H and O–H groups in total. The maximum absolute atomic E-state index is 15.4. The lowest BCUT2D eigenvalue weighted by molar-refractivity contribution is -0.346. The van der Waals surface area contributed by atoms with Crippen molar-refractivity contribution in [3.8, 4) is 0 Å². The molecule has 2 aromatic carbocycles. The van der Waals surface area contributed by atoms with E-state index < -0.39 is 124 Å². The summed E-state index contributed by atoms with van der Waals surface area (Å²) in [6, 6.07) is 13.5. The van der Waals surface area contributed by atoms with Crippen LogP contribution in [0.5, 0.6) is 0 Å². The van der Waals surface area contributed by atoms with Crippen molar-refractivity contribution in [2.24, 2.45) is 16.7 Å². The first-order chi connectivity index (χ1) is 34.2. The molecule has 0 radical (unpaired) electrons. The van der Waals surface area contributed by atoms with Crippen molar-refractivity contribution in [1.29, 1.82) is 0 Å². The van der Waals surface area contributed by atoms with Gasteiger partial charge in [0.2, 0.25) is 6.10 Å². The highest BCUT2D eigenvalue weighted by Gasteiger charge is 2.78. The molecule has 2 aromatic rings. The summed E-state index contributed by atoms with van der Waals surface area (Å²) >= 11 is 0. The Kier molecular flexibility index (Phi) is 17.2. The van der Waals surface area contributed by atoms with Crippen LogP contribution in [0.25, 0.3) is 0 Å². The molecule has 400 valence electrons. The summed E-state index contributed by atoms with van der Waals surface area (Å²) in [5, 5.41) is 41.2. The molecule has 3 fully saturated rings. The van der Waals surface area contributed by atoms with Crippen LogP contribution in [-0.2, 0) is 52.4 Å². The molecule has 3 aliphatic carbocycles. The molecular weight excluding hydrogens is 945 g/mol. The van der Waals surface area contributed by atoms with Crippen molar-refractivity contribution in [3.63, 3.8) is 0 Å². The Labute approximate surface area is 427 Å². The fourth-order valence-corrected chi connectivity index (χ4v) is 11.7. The quantitative estimate of drug-likeness (QED) is 0.0798. The van der Waals surface area contributed by atoms with Crippen LogP contribution < -0.4 is 5.32 Å². The normalized spacial score (nSPS) is 29.6. The van der Waals surface area contributed by atoms with E-state index in [4.69, 9.17) is 28.4 Å². The Morgan fingerprint density at radius 3 is 2.03 bits per heavy atom. The van der Waals surface area contributed by atoms with Gasteiger partial charge < -0.3 is 53.9 Å². The number of benzene rings is 2. The van der Waals surface area contributed by atoms with Gasteiger partial charge in [0.05, 0.1) is 29.6 Å². The number of alkyl carbamates (subject to hydrolysis) is 1. The van der Waals surface area contributed by atoms with Crippen LogP contribution in [0.3, 0.4) is 0 Å². The van der Waals surface area contributed by atoms with Gasteiger partial charge in [-0.1, -0.05) is 76.2 Å². The Morgan fingerprint density at radius 2 is 1.49 bits per heavy atom. The molecule has 1 amide bonds. The van der Waals surface area contributed by atoms with Crippen LogP contribution in [0.2, 0.25) is 0 Å². The third-order valence-corrected chi connectivity index (χ3v) is 15.3. The minimum absolute atomic E-state index is 0.0139. The molecule has 12 atom stereocenters. The molecular formula is C55H74N2O16. The number of aliphatic hydroxyl groups excluding tert-OH is 2. The summed E-state index contributed by atoms with van der Waals surface area (Å²) in [6.07, 6.45) is -10.6. The van der Waals surface area contributed by atoms with E-state index in [1.54, 1.807) is 83.1 Å². The average Bonchev–Trinajstić information content (AvgIpc) is 3.31. The molecule has 2 saturated carbocycles. The first kappa shape index (κ1) is 56.8. The van der Waals surface area contributed by atoms with Gasteiger partial charge in [-0.3, -0.25) is 19.3 Å². The summed E-state index contributed by atoms with van der Waals surface area (Å²) in [5.41, 5.74) is -8.70. The highest BCUT2D eigenvalue weighted by Crippen LogP contribution is 2.64. The lowest BCUT2D eigenvalue weighted by Gasteiger charge is -2.67. The summed E-state index contributed by atoms with van der Waals surface area (Å²) < 4.78 is 36.8. The van der Waals surface area contributed by atoms with Gasteiger partial charge in [-0.25, -0.2) is 14.4 Å². The van der Waals surface area contributed by atoms with Crippen molar-refractivity contribution in [2.45, 2.75) is 180 Å². The topological polar surface area (TPSA) is 251 Å². The third-order valence-electron chi connectivity index (χ3n) is 15.3. The van der Waals surface area contributed by atoms with Gasteiger partial charge in [0.25, 0.3) is 0 Å². The van der Waals surface area contributed by atoms with E-state index in [1.807, 2.05) is 18.7 Å². The standard InChI is InChI=1S/C55H74N2O16/c1-12-26-57(27-13-2)36(25-24-31(3)58)48(64)70-43(41(34-20-16-14-17-21-34)56-50(66)73-51(6,7)8)49(65)69-37-29-55(67)46(71-47(63)35-22-18-15-19-23-35)44-53(11,45(62)42(61)40(32(37)4)52(55,9)10)38(60)28-39-54(44,30-68-39)72-33(5)59/h14-23,36-39,41-44,46,60-61,67H,12-13,24-30H2,1-11H3,(H,56,66)/t36-,37-,38-,39+,41-,42+,43+,44-,46-,53+,54-,55+/m0/s1. The fraction of sp³-hybridized carbons (Fsp3) is 0.618. The van der Waals surface area contributed by atoms with Crippen LogP contribution in [0.4, 0.5) is 4.79 Å². The number of fused-ring (bicyclic) bond motifs is 5. The summed E-state index contributed by atoms with van der Waals surface area (Å²) in [4.78, 5) is 101. The smallest absolute Gasteiger partial charge is 0.408 e. The largest absolute Gasteiger partial charge is 0.455 e. The van der Waals surface area contributed by atoms with E-state index in [1.165, 1.54) is 32.9 Å². The Balaban J connectivity index is 1.55. The number of rotatable bonds is 18. The highest BCUT2D eigenvalue weighted by molar-refractivity contribution is 5.94. The molecule has 2 bridgehead atoms. The van der Waals surface area contributed by atoms with Gasteiger partial charge >= 0.3 is 30.0 Å². The number of hydrogen-bond donors (Lipinski definition) is 4. The zero-order valence-corrected chi connectivity index (χ0v) is 43.9. The Morgan fingerprint density at radius 1 is 0.890 bits per heavy atom. The number of esters is 4. The molecule has 0 unspecified atom stereocenters. The maximum atomic E-state index is 15.4. The second-order valence-corrected chi connectivity index (χ2v) is 21.8. The number of aliphatic hydroxyl groups is 3. The molecule has 0 spiro atoms. The zero-order chi connectivity index (χ0) is 54.0. The molecule has 73 heavy (non-hydrogen) atoms. The number of ether oxygens (including phenoxy) is 6.